The van der Waals surface area contributed by atoms with Crippen LogP contribution in [0.4, 0.5) is 0 Å². The number of aryl methyl sites for hydroxylation is 1. The highest BCUT2D eigenvalue weighted by molar-refractivity contribution is 7.91. The molecule has 0 unspecified atom stereocenters. The summed E-state index contributed by atoms with van der Waals surface area (Å²) in [5, 5.41) is 3.24. The molecular formula is C13H22N2O2S2. The Labute approximate surface area is 119 Å². The van der Waals surface area contributed by atoms with E-state index in [1.54, 1.807) is 6.07 Å². The lowest BCUT2D eigenvalue weighted by atomic mass is 10.3. The van der Waals surface area contributed by atoms with Gasteiger partial charge in [-0.15, -0.1) is 11.3 Å². The van der Waals surface area contributed by atoms with Crippen LogP contribution in [0.25, 0.3) is 0 Å². The molecule has 2 N–H and O–H groups in total. The Bertz CT molecular complexity index is 517. The lowest BCUT2D eigenvalue weighted by molar-refractivity contribution is 0.554. The molecule has 0 spiro atoms. The Morgan fingerprint density at radius 1 is 1.37 bits per heavy atom. The van der Waals surface area contributed by atoms with Crippen molar-refractivity contribution in [1.29, 1.82) is 0 Å². The highest BCUT2D eigenvalue weighted by atomic mass is 32.2. The van der Waals surface area contributed by atoms with Gasteiger partial charge in [-0.3, -0.25) is 0 Å². The number of sulfonamides is 1. The zero-order valence-corrected chi connectivity index (χ0v) is 13.2. The maximum absolute atomic E-state index is 12.3. The Morgan fingerprint density at radius 3 is 2.68 bits per heavy atom. The van der Waals surface area contributed by atoms with E-state index in [9.17, 15) is 8.42 Å². The predicted octanol–water partition coefficient (Wildman–Crippen LogP) is 2.39. The van der Waals surface area contributed by atoms with Gasteiger partial charge in [0.2, 0.25) is 10.0 Å². The van der Waals surface area contributed by atoms with Gasteiger partial charge in [-0.1, -0.05) is 19.8 Å². The Kier molecular flexibility index (Phi) is 5.00. The second-order valence-electron chi connectivity index (χ2n) is 5.05. The van der Waals surface area contributed by atoms with Crippen LogP contribution in [0.15, 0.2) is 10.3 Å². The molecule has 1 aliphatic carbocycles. The molecule has 6 heteroatoms. The van der Waals surface area contributed by atoms with Crippen LogP contribution in [0.1, 0.15) is 43.0 Å². The Hall–Kier alpha value is -0.430. The fourth-order valence-electron chi connectivity index (χ4n) is 2.36. The van der Waals surface area contributed by atoms with Gasteiger partial charge in [-0.2, -0.15) is 0 Å². The number of hydrogen-bond acceptors (Lipinski definition) is 4. The normalized spacial score (nSPS) is 17.2. The van der Waals surface area contributed by atoms with Gasteiger partial charge in [0, 0.05) is 17.5 Å². The zero-order chi connectivity index (χ0) is 13.9. The van der Waals surface area contributed by atoms with Crippen molar-refractivity contribution < 1.29 is 8.42 Å². The van der Waals surface area contributed by atoms with Gasteiger partial charge in [0.05, 0.1) is 0 Å². The summed E-state index contributed by atoms with van der Waals surface area (Å²) >= 11 is 1.38. The minimum atomic E-state index is -3.33. The number of hydrogen-bond donors (Lipinski definition) is 2. The van der Waals surface area contributed by atoms with Gasteiger partial charge in [0.25, 0.3) is 0 Å². The Morgan fingerprint density at radius 2 is 2.05 bits per heavy atom. The minimum absolute atomic E-state index is 0.129. The standard InChI is InChI=1S/C13H22N2O2S2/c1-3-14-9-12-10(2)8-13(18-12)19(16,17)15-11-6-4-5-7-11/h8,11,14-15H,3-7,9H2,1-2H3. The van der Waals surface area contributed by atoms with Gasteiger partial charge >= 0.3 is 0 Å². The van der Waals surface area contributed by atoms with Crippen molar-refractivity contribution in [3.63, 3.8) is 0 Å². The molecule has 19 heavy (non-hydrogen) atoms. The van der Waals surface area contributed by atoms with Gasteiger partial charge in [-0.05, 0) is 37.9 Å². The van der Waals surface area contributed by atoms with Crippen LogP contribution in [0.2, 0.25) is 0 Å². The van der Waals surface area contributed by atoms with E-state index in [0.717, 1.165) is 49.2 Å². The molecule has 1 saturated carbocycles. The Balaban J connectivity index is 2.11. The van der Waals surface area contributed by atoms with Crippen molar-refractivity contribution in [2.45, 2.75) is 56.3 Å². The van der Waals surface area contributed by atoms with Crippen molar-refractivity contribution >= 4 is 21.4 Å². The summed E-state index contributed by atoms with van der Waals surface area (Å²) in [6.07, 6.45) is 4.19. The fraction of sp³-hybridized carbons (Fsp3) is 0.692. The molecule has 1 fully saturated rings. The first-order valence-corrected chi connectivity index (χ1v) is 9.15. The topological polar surface area (TPSA) is 58.2 Å². The van der Waals surface area contributed by atoms with E-state index in [1.807, 2.05) is 13.8 Å². The summed E-state index contributed by atoms with van der Waals surface area (Å²) in [5.41, 5.74) is 1.05. The first kappa shape index (κ1) is 15.0. The SMILES string of the molecule is CCNCc1sc(S(=O)(=O)NC2CCCC2)cc1C. The number of nitrogens with one attached hydrogen (secondary N) is 2. The summed E-state index contributed by atoms with van der Waals surface area (Å²) in [5.74, 6) is 0. The maximum Gasteiger partial charge on any atom is 0.250 e. The molecule has 0 aromatic carbocycles. The van der Waals surface area contributed by atoms with E-state index in [1.165, 1.54) is 11.3 Å². The largest absolute Gasteiger partial charge is 0.312 e. The van der Waals surface area contributed by atoms with Crippen molar-refractivity contribution in [3.8, 4) is 0 Å². The van der Waals surface area contributed by atoms with Crippen molar-refractivity contribution in [2.24, 2.45) is 0 Å². The molecule has 0 atom stereocenters. The maximum atomic E-state index is 12.3. The minimum Gasteiger partial charge on any atom is -0.312 e. The zero-order valence-electron chi connectivity index (χ0n) is 11.5. The molecule has 1 aliphatic rings. The molecule has 1 aromatic heterocycles. The molecule has 2 rings (SSSR count). The predicted molar refractivity (Wildman–Crippen MR) is 79.0 cm³/mol. The van der Waals surface area contributed by atoms with E-state index >= 15 is 0 Å². The molecule has 4 nitrogen and oxygen atoms in total. The summed E-state index contributed by atoms with van der Waals surface area (Å²) in [4.78, 5) is 1.11. The smallest absolute Gasteiger partial charge is 0.250 e. The lowest BCUT2D eigenvalue weighted by Crippen LogP contribution is -2.32. The third-order valence-corrected chi connectivity index (χ3v) is 6.71. The van der Waals surface area contributed by atoms with Crippen LogP contribution in [-0.2, 0) is 16.6 Å². The van der Waals surface area contributed by atoms with E-state index < -0.39 is 10.0 Å². The molecule has 108 valence electrons. The average molecular weight is 302 g/mol. The third kappa shape index (κ3) is 3.78. The van der Waals surface area contributed by atoms with Gasteiger partial charge in [-0.25, -0.2) is 13.1 Å². The third-order valence-electron chi connectivity index (χ3n) is 3.48. The van der Waals surface area contributed by atoms with E-state index in [-0.39, 0.29) is 6.04 Å². The molecular weight excluding hydrogens is 280 g/mol. The van der Waals surface area contributed by atoms with Crippen LogP contribution < -0.4 is 10.0 Å². The van der Waals surface area contributed by atoms with E-state index in [2.05, 4.69) is 10.0 Å². The first-order chi connectivity index (χ1) is 9.03. The van der Waals surface area contributed by atoms with Gasteiger partial charge < -0.3 is 5.32 Å². The molecule has 1 aromatic rings. The van der Waals surface area contributed by atoms with E-state index in [4.69, 9.17) is 0 Å². The fourth-order valence-corrected chi connectivity index (χ4v) is 5.24. The molecule has 1 heterocycles. The summed E-state index contributed by atoms with van der Waals surface area (Å²) in [6, 6.07) is 1.92. The first-order valence-electron chi connectivity index (χ1n) is 6.85. The molecule has 0 bridgehead atoms. The molecule has 0 amide bonds. The molecule has 0 radical (unpaired) electrons. The number of rotatable bonds is 6. The van der Waals surface area contributed by atoms with Crippen molar-refractivity contribution in [2.75, 3.05) is 6.54 Å². The quantitative estimate of drug-likeness (QED) is 0.848. The molecule has 0 aliphatic heterocycles. The monoisotopic (exact) mass is 302 g/mol. The lowest BCUT2D eigenvalue weighted by Gasteiger charge is -2.10. The summed E-state index contributed by atoms with van der Waals surface area (Å²) < 4.78 is 27.9. The van der Waals surface area contributed by atoms with Crippen molar-refractivity contribution in [1.82, 2.24) is 10.0 Å². The summed E-state index contributed by atoms with van der Waals surface area (Å²) in [7, 11) is -3.33. The average Bonchev–Trinajstić information content (AvgIpc) is 2.96. The van der Waals surface area contributed by atoms with Crippen LogP contribution in [0, 0.1) is 6.92 Å². The number of thiophene rings is 1. The molecule has 0 saturated heterocycles. The van der Waals surface area contributed by atoms with Crippen LogP contribution in [0.5, 0.6) is 0 Å². The van der Waals surface area contributed by atoms with Crippen LogP contribution >= 0.6 is 11.3 Å². The van der Waals surface area contributed by atoms with Gasteiger partial charge in [0.15, 0.2) is 0 Å². The van der Waals surface area contributed by atoms with Gasteiger partial charge in [0.1, 0.15) is 4.21 Å². The van der Waals surface area contributed by atoms with Crippen LogP contribution in [0.3, 0.4) is 0 Å². The highest BCUT2D eigenvalue weighted by Gasteiger charge is 2.24. The van der Waals surface area contributed by atoms with E-state index in [0.29, 0.717) is 4.21 Å². The second-order valence-corrected chi connectivity index (χ2v) is 8.13. The van der Waals surface area contributed by atoms with Crippen molar-refractivity contribution in [3.05, 3.63) is 16.5 Å². The summed E-state index contributed by atoms with van der Waals surface area (Å²) in [6.45, 7) is 5.64. The second kappa shape index (κ2) is 6.35. The highest BCUT2D eigenvalue weighted by Crippen LogP contribution is 2.27. The van der Waals surface area contributed by atoms with Crippen LogP contribution in [-0.4, -0.2) is 21.0 Å².